The van der Waals surface area contributed by atoms with Crippen molar-refractivity contribution >= 4 is 34.7 Å². The van der Waals surface area contributed by atoms with E-state index in [1.54, 1.807) is 11.6 Å². The van der Waals surface area contributed by atoms with Crippen molar-refractivity contribution in [2.45, 2.75) is 45.2 Å². The molecule has 0 bridgehead atoms. The molecule has 11 heteroatoms. The Morgan fingerprint density at radius 2 is 1.85 bits per heavy atom. The van der Waals surface area contributed by atoms with Gasteiger partial charge in [-0.3, -0.25) is 13.9 Å². The highest BCUT2D eigenvalue weighted by molar-refractivity contribution is 9.10. The van der Waals surface area contributed by atoms with Gasteiger partial charge in [-0.25, -0.2) is 14.3 Å². The maximum atomic E-state index is 13.0. The molecule has 176 valence electrons. The highest BCUT2D eigenvalue weighted by Crippen LogP contribution is 2.35. The number of rotatable bonds is 10. The fourth-order valence-corrected chi connectivity index (χ4v) is 4.89. The molecule has 0 fully saturated rings. The molecule has 33 heavy (non-hydrogen) atoms. The van der Waals surface area contributed by atoms with Crippen LogP contribution >= 0.6 is 23.5 Å². The third-order valence-corrected chi connectivity index (χ3v) is 7.16. The van der Waals surface area contributed by atoms with Gasteiger partial charge in [-0.1, -0.05) is 46.5 Å². The van der Waals surface area contributed by atoms with Crippen LogP contribution in [0.4, 0.5) is 0 Å². The summed E-state index contributed by atoms with van der Waals surface area (Å²) in [5.74, 6) is 3.03. The van der Waals surface area contributed by atoms with Gasteiger partial charge in [0.15, 0.2) is 11.2 Å². The number of aromatic nitrogens is 4. The number of terminal acetylenes is 1. The molecule has 0 atom stereocenters. The zero-order valence-corrected chi connectivity index (χ0v) is 20.8. The number of fused-ring (bicyclic) bond motifs is 1. The van der Waals surface area contributed by atoms with E-state index < -0.39 is 18.8 Å². The number of nitrogens with zero attached hydrogens (tertiary/aromatic N) is 4. The Balaban J connectivity index is 1.95. The van der Waals surface area contributed by atoms with Gasteiger partial charge in [-0.2, -0.15) is 0 Å². The highest BCUT2D eigenvalue weighted by atomic mass is 79.9. The van der Waals surface area contributed by atoms with Crippen LogP contribution in [0, 0.1) is 12.3 Å². The molecule has 0 aliphatic rings. The maximum absolute atomic E-state index is 13.0. The molecule has 1 aromatic carbocycles. The molecule has 3 rings (SSSR count). The molecule has 9 nitrogen and oxygen atoms in total. The van der Waals surface area contributed by atoms with Crippen molar-refractivity contribution in [2.24, 2.45) is 7.05 Å². The molecule has 0 radical (unpaired) electrons. The molecule has 2 heterocycles. The van der Waals surface area contributed by atoms with Gasteiger partial charge in [0, 0.05) is 30.6 Å². The van der Waals surface area contributed by atoms with Crippen LogP contribution in [0.5, 0.6) is 0 Å². The molecule has 2 N–H and O–H groups in total. The van der Waals surface area contributed by atoms with Crippen molar-refractivity contribution in [3.8, 4) is 12.3 Å². The first-order valence-corrected chi connectivity index (χ1v) is 13.1. The Morgan fingerprint density at radius 1 is 1.12 bits per heavy atom. The quantitative estimate of drug-likeness (QED) is 0.233. The van der Waals surface area contributed by atoms with Gasteiger partial charge >= 0.3 is 13.3 Å². The molecule has 0 unspecified atom stereocenters. The van der Waals surface area contributed by atoms with Crippen molar-refractivity contribution in [1.29, 1.82) is 0 Å². The van der Waals surface area contributed by atoms with Gasteiger partial charge < -0.3 is 14.4 Å². The lowest BCUT2D eigenvalue weighted by molar-refractivity contribution is 0.370. The van der Waals surface area contributed by atoms with Gasteiger partial charge in [-0.05, 0) is 30.9 Å². The van der Waals surface area contributed by atoms with Crippen LogP contribution in [-0.2, 0) is 37.5 Å². The summed E-state index contributed by atoms with van der Waals surface area (Å²) < 4.78 is 16.2. The second kappa shape index (κ2) is 10.7. The largest absolute Gasteiger partial charge is 0.333 e. The minimum Gasteiger partial charge on any atom is -0.325 e. The minimum absolute atomic E-state index is 0.150. The van der Waals surface area contributed by atoms with E-state index in [0.717, 1.165) is 14.6 Å². The van der Waals surface area contributed by atoms with E-state index in [2.05, 4.69) is 26.8 Å². The van der Waals surface area contributed by atoms with Crippen molar-refractivity contribution in [2.75, 3.05) is 6.16 Å². The van der Waals surface area contributed by atoms with Crippen molar-refractivity contribution in [3.63, 3.8) is 0 Å². The monoisotopic (exact) mass is 536 g/mol. The Morgan fingerprint density at radius 3 is 2.52 bits per heavy atom. The summed E-state index contributed by atoms with van der Waals surface area (Å²) >= 11 is 3.54. The summed E-state index contributed by atoms with van der Waals surface area (Å²) in [6, 6.07) is 7.87. The molecular formula is C22H26BrN4O5P. The summed E-state index contributed by atoms with van der Waals surface area (Å²) in [5, 5.41) is 0. The van der Waals surface area contributed by atoms with Crippen LogP contribution in [0.1, 0.15) is 30.7 Å². The summed E-state index contributed by atoms with van der Waals surface area (Å²) in [6.07, 6.45) is 7.82. The summed E-state index contributed by atoms with van der Waals surface area (Å²) in [4.78, 5) is 48.7. The Bertz CT molecular complexity index is 1360. The third-order valence-electron chi connectivity index (χ3n) is 5.49. The van der Waals surface area contributed by atoms with Crippen molar-refractivity contribution in [3.05, 3.63) is 61.0 Å². The lowest BCUT2D eigenvalue weighted by Crippen LogP contribution is -2.40. The molecule has 0 saturated carbocycles. The van der Waals surface area contributed by atoms with E-state index in [9.17, 15) is 14.2 Å². The first kappa shape index (κ1) is 25.2. The second-order valence-corrected chi connectivity index (χ2v) is 10.5. The number of hydrogen-bond acceptors (Lipinski definition) is 4. The first-order valence-electron chi connectivity index (χ1n) is 10.5. The molecule has 2 aromatic heterocycles. The zero-order valence-electron chi connectivity index (χ0n) is 18.3. The normalized spacial score (nSPS) is 11.7. The topological polar surface area (TPSA) is 119 Å². The average molecular weight is 537 g/mol. The molecule has 0 aliphatic carbocycles. The van der Waals surface area contributed by atoms with E-state index in [1.165, 1.54) is 4.57 Å². The standard InChI is InChI=1S/C22H26BrN4O5P/c1-3-13-27-21(28)19-20(26(22(27)29)14-7-4-8-15-33(30,31)32)24-18(25(19)2)12-11-16-9-5-6-10-17(16)23/h1,5-6,9-10H,4,7-8,11-15H2,2H3,(H2,30,31,32). The van der Waals surface area contributed by atoms with E-state index in [0.29, 0.717) is 49.1 Å². The van der Waals surface area contributed by atoms with Crippen LogP contribution in [0.15, 0.2) is 38.3 Å². The lowest BCUT2D eigenvalue weighted by atomic mass is 10.1. The fourth-order valence-electron chi connectivity index (χ4n) is 3.78. The molecular weight excluding hydrogens is 511 g/mol. The Kier molecular flexibility index (Phi) is 8.14. The maximum Gasteiger partial charge on any atom is 0.333 e. The minimum atomic E-state index is -4.05. The number of unbranched alkanes of at least 4 members (excludes halogenated alkanes) is 2. The number of benzene rings is 1. The van der Waals surface area contributed by atoms with Gasteiger partial charge in [0.05, 0.1) is 6.54 Å². The Labute approximate surface area is 199 Å². The number of hydrogen-bond donors (Lipinski definition) is 2. The summed E-state index contributed by atoms with van der Waals surface area (Å²) in [5.41, 5.74) is 0.709. The molecule has 0 amide bonds. The number of imidazole rings is 1. The molecule has 3 aromatic rings. The second-order valence-electron chi connectivity index (χ2n) is 7.83. The number of halogens is 1. The van der Waals surface area contributed by atoms with Gasteiger partial charge in [0.1, 0.15) is 5.82 Å². The average Bonchev–Trinajstić information content (AvgIpc) is 3.08. The predicted molar refractivity (Wildman–Crippen MR) is 130 cm³/mol. The van der Waals surface area contributed by atoms with Gasteiger partial charge in [0.2, 0.25) is 0 Å². The first-order chi connectivity index (χ1) is 15.6. The molecule has 0 aliphatic heterocycles. The molecule has 0 spiro atoms. The van der Waals surface area contributed by atoms with Crippen LogP contribution < -0.4 is 11.2 Å². The lowest BCUT2D eigenvalue weighted by Gasteiger charge is -2.10. The van der Waals surface area contributed by atoms with E-state index >= 15 is 0 Å². The predicted octanol–water partition coefficient (Wildman–Crippen LogP) is 2.43. The van der Waals surface area contributed by atoms with Crippen LogP contribution in [0.25, 0.3) is 11.2 Å². The van der Waals surface area contributed by atoms with E-state index in [4.69, 9.17) is 16.2 Å². The SMILES string of the molecule is C#CCn1c(=O)c2c(nc(CCc3ccccc3Br)n2C)n(CCCCCP(=O)(O)O)c1=O. The van der Waals surface area contributed by atoms with Crippen molar-refractivity contribution < 1.29 is 14.4 Å². The highest BCUT2D eigenvalue weighted by Gasteiger charge is 2.20. The molecule has 0 saturated heterocycles. The van der Waals surface area contributed by atoms with Gasteiger partial charge in [0.25, 0.3) is 5.56 Å². The van der Waals surface area contributed by atoms with Crippen LogP contribution in [0.2, 0.25) is 0 Å². The van der Waals surface area contributed by atoms with Crippen LogP contribution in [0.3, 0.4) is 0 Å². The van der Waals surface area contributed by atoms with Crippen molar-refractivity contribution in [1.82, 2.24) is 18.7 Å². The summed E-state index contributed by atoms with van der Waals surface area (Å²) in [6.45, 7) is 0.116. The fraction of sp³-hybridized carbons (Fsp3) is 0.409. The van der Waals surface area contributed by atoms with Crippen LogP contribution in [-0.4, -0.2) is 34.6 Å². The third kappa shape index (κ3) is 5.92. The van der Waals surface area contributed by atoms with E-state index in [1.807, 2.05) is 24.3 Å². The Hall–Kier alpha value is -2.44. The van der Waals surface area contributed by atoms with E-state index in [-0.39, 0.29) is 19.3 Å². The number of aryl methyl sites for hydroxylation is 4. The van der Waals surface area contributed by atoms with Gasteiger partial charge in [-0.15, -0.1) is 6.42 Å². The smallest absolute Gasteiger partial charge is 0.325 e. The zero-order chi connectivity index (χ0) is 24.2. The summed E-state index contributed by atoms with van der Waals surface area (Å²) in [7, 11) is -2.29.